The summed E-state index contributed by atoms with van der Waals surface area (Å²) in [4.78, 5) is 2.33. The van der Waals surface area contributed by atoms with Crippen LogP contribution in [0.2, 0.25) is 0 Å². The van der Waals surface area contributed by atoms with Gasteiger partial charge in [-0.1, -0.05) is 18.2 Å². The molecule has 1 N–H and O–H groups in total. The lowest BCUT2D eigenvalue weighted by Crippen LogP contribution is -2.47. The summed E-state index contributed by atoms with van der Waals surface area (Å²) >= 11 is 0. The zero-order valence-corrected chi connectivity index (χ0v) is 10.8. The first-order chi connectivity index (χ1) is 8.09. The lowest BCUT2D eigenvalue weighted by molar-refractivity contribution is 0.0341. The molecule has 2 rings (SSSR count). The van der Waals surface area contributed by atoms with Crippen molar-refractivity contribution >= 4 is 5.69 Å². The van der Waals surface area contributed by atoms with Gasteiger partial charge in [-0.25, -0.2) is 0 Å². The Bertz CT molecular complexity index is 378. The maximum absolute atomic E-state index is 9.83. The molecule has 1 saturated heterocycles. The highest BCUT2D eigenvalue weighted by Gasteiger charge is 2.25. The van der Waals surface area contributed by atoms with Gasteiger partial charge in [0.1, 0.15) is 0 Å². The fraction of sp³-hybridized carbons (Fsp3) is 0.571. The zero-order chi connectivity index (χ0) is 12.4. The zero-order valence-electron chi connectivity index (χ0n) is 10.8. The number of hydrogen-bond donors (Lipinski definition) is 1. The van der Waals surface area contributed by atoms with E-state index in [2.05, 4.69) is 24.8 Å². The molecule has 2 unspecified atom stereocenters. The maximum atomic E-state index is 9.83. The average molecular weight is 235 g/mol. The van der Waals surface area contributed by atoms with Crippen LogP contribution in [0.15, 0.2) is 24.3 Å². The average Bonchev–Trinajstić information content (AvgIpc) is 2.32. The number of hydrogen-bond acceptors (Lipinski definition) is 3. The summed E-state index contributed by atoms with van der Waals surface area (Å²) in [6.45, 7) is 7.68. The van der Waals surface area contributed by atoms with Crippen LogP contribution in [-0.2, 0) is 4.74 Å². The smallest absolute Gasteiger partial charge is 0.0781 e. The minimum absolute atomic E-state index is 0.244. The van der Waals surface area contributed by atoms with Crippen molar-refractivity contribution in [2.24, 2.45) is 0 Å². The van der Waals surface area contributed by atoms with Crippen LogP contribution >= 0.6 is 0 Å². The highest BCUT2D eigenvalue weighted by atomic mass is 16.5. The minimum Gasteiger partial charge on any atom is -0.389 e. The lowest BCUT2D eigenvalue weighted by Gasteiger charge is -2.39. The van der Waals surface area contributed by atoms with E-state index < -0.39 is 6.10 Å². The summed E-state index contributed by atoms with van der Waals surface area (Å²) in [7, 11) is 0. The molecule has 3 nitrogen and oxygen atoms in total. The molecule has 3 atom stereocenters. The number of aliphatic hydroxyl groups is 1. The van der Waals surface area contributed by atoms with Gasteiger partial charge < -0.3 is 14.7 Å². The number of anilines is 1. The normalized spacial score (nSPS) is 26.9. The monoisotopic (exact) mass is 235 g/mol. The molecule has 0 amide bonds. The standard InChI is InChI=1S/C14H21NO2/c1-10-9-17-11(2)8-15(10)14-7-5-4-6-13(14)12(3)16/h4-7,10-12,16H,8-9H2,1-3H3/t10?,11?,12-/m1/s1. The van der Waals surface area contributed by atoms with Gasteiger partial charge in [-0.3, -0.25) is 0 Å². The van der Waals surface area contributed by atoms with E-state index in [4.69, 9.17) is 4.74 Å². The van der Waals surface area contributed by atoms with E-state index in [0.717, 1.165) is 24.4 Å². The van der Waals surface area contributed by atoms with Gasteiger partial charge >= 0.3 is 0 Å². The Morgan fingerprint density at radius 1 is 1.35 bits per heavy atom. The SMILES string of the molecule is CC1CN(c2ccccc2[C@@H](C)O)C(C)CO1. The molecule has 3 heteroatoms. The number of rotatable bonds is 2. The fourth-order valence-electron chi connectivity index (χ4n) is 2.34. The number of nitrogens with zero attached hydrogens (tertiary/aromatic N) is 1. The molecule has 0 radical (unpaired) electrons. The van der Waals surface area contributed by atoms with Crippen molar-refractivity contribution in [3.63, 3.8) is 0 Å². The second-order valence-electron chi connectivity index (χ2n) is 4.88. The Labute approximate surface area is 103 Å². The van der Waals surface area contributed by atoms with Gasteiger partial charge in [-0.15, -0.1) is 0 Å². The lowest BCUT2D eigenvalue weighted by atomic mass is 10.0. The van der Waals surface area contributed by atoms with Crippen molar-refractivity contribution in [1.82, 2.24) is 0 Å². The van der Waals surface area contributed by atoms with Crippen molar-refractivity contribution in [3.8, 4) is 0 Å². The molecule has 0 aliphatic carbocycles. The summed E-state index contributed by atoms with van der Waals surface area (Å²) in [5.74, 6) is 0. The molecule has 1 aromatic rings. The molecule has 1 aromatic carbocycles. The number of para-hydroxylation sites is 1. The molecule has 0 saturated carbocycles. The third-order valence-corrected chi connectivity index (χ3v) is 3.30. The predicted octanol–water partition coefficient (Wildman–Crippen LogP) is 2.35. The highest BCUT2D eigenvalue weighted by molar-refractivity contribution is 5.55. The Balaban J connectivity index is 2.31. The summed E-state index contributed by atoms with van der Waals surface area (Å²) in [5, 5.41) is 9.83. The number of morpholine rings is 1. The Kier molecular flexibility index (Phi) is 3.69. The third-order valence-electron chi connectivity index (χ3n) is 3.30. The predicted molar refractivity (Wildman–Crippen MR) is 69.3 cm³/mol. The first-order valence-electron chi connectivity index (χ1n) is 6.25. The van der Waals surface area contributed by atoms with Crippen LogP contribution in [0.25, 0.3) is 0 Å². The van der Waals surface area contributed by atoms with Gasteiger partial charge in [0, 0.05) is 23.8 Å². The van der Waals surface area contributed by atoms with E-state index in [-0.39, 0.29) is 6.10 Å². The van der Waals surface area contributed by atoms with Crippen LogP contribution in [0.3, 0.4) is 0 Å². The van der Waals surface area contributed by atoms with Gasteiger partial charge in [-0.2, -0.15) is 0 Å². The second kappa shape index (κ2) is 5.07. The Morgan fingerprint density at radius 2 is 2.06 bits per heavy atom. The summed E-state index contributed by atoms with van der Waals surface area (Å²) in [5.41, 5.74) is 2.12. The maximum Gasteiger partial charge on any atom is 0.0781 e. The second-order valence-corrected chi connectivity index (χ2v) is 4.88. The van der Waals surface area contributed by atoms with Gasteiger partial charge in [0.15, 0.2) is 0 Å². The van der Waals surface area contributed by atoms with Crippen LogP contribution in [0.5, 0.6) is 0 Å². The molecule has 0 bridgehead atoms. The van der Waals surface area contributed by atoms with Crippen LogP contribution < -0.4 is 4.90 Å². The van der Waals surface area contributed by atoms with E-state index in [0.29, 0.717) is 6.04 Å². The highest BCUT2D eigenvalue weighted by Crippen LogP contribution is 2.29. The van der Waals surface area contributed by atoms with E-state index in [9.17, 15) is 5.11 Å². The van der Waals surface area contributed by atoms with E-state index >= 15 is 0 Å². The molecule has 1 fully saturated rings. The van der Waals surface area contributed by atoms with Crippen molar-refractivity contribution < 1.29 is 9.84 Å². The van der Waals surface area contributed by atoms with Crippen LogP contribution in [0, 0.1) is 0 Å². The summed E-state index contributed by atoms with van der Waals surface area (Å²) in [6, 6.07) is 8.42. The molecule has 1 heterocycles. The molecule has 94 valence electrons. The van der Waals surface area contributed by atoms with Crippen molar-refractivity contribution in [2.75, 3.05) is 18.1 Å². The first kappa shape index (κ1) is 12.4. The minimum atomic E-state index is -0.434. The van der Waals surface area contributed by atoms with E-state index in [1.54, 1.807) is 0 Å². The quantitative estimate of drug-likeness (QED) is 0.854. The van der Waals surface area contributed by atoms with Crippen LogP contribution in [0.4, 0.5) is 5.69 Å². The molecule has 0 aromatic heterocycles. The van der Waals surface area contributed by atoms with E-state index in [1.807, 2.05) is 25.1 Å². The largest absolute Gasteiger partial charge is 0.389 e. The molecule has 17 heavy (non-hydrogen) atoms. The number of benzene rings is 1. The van der Waals surface area contributed by atoms with E-state index in [1.165, 1.54) is 0 Å². The van der Waals surface area contributed by atoms with Gasteiger partial charge in [0.25, 0.3) is 0 Å². The molecule has 1 aliphatic rings. The summed E-state index contributed by atoms with van der Waals surface area (Å²) < 4.78 is 5.64. The van der Waals surface area contributed by atoms with Gasteiger partial charge in [0.05, 0.1) is 18.8 Å². The third kappa shape index (κ3) is 2.61. The topological polar surface area (TPSA) is 32.7 Å². The van der Waals surface area contributed by atoms with Gasteiger partial charge in [0.2, 0.25) is 0 Å². The van der Waals surface area contributed by atoms with Crippen LogP contribution in [0.1, 0.15) is 32.4 Å². The van der Waals surface area contributed by atoms with Crippen molar-refractivity contribution in [1.29, 1.82) is 0 Å². The summed E-state index contributed by atoms with van der Waals surface area (Å²) in [6.07, 6.45) is -0.190. The Morgan fingerprint density at radius 3 is 2.76 bits per heavy atom. The van der Waals surface area contributed by atoms with Gasteiger partial charge in [-0.05, 0) is 26.8 Å². The molecule has 1 aliphatic heterocycles. The van der Waals surface area contributed by atoms with Crippen molar-refractivity contribution in [2.45, 2.75) is 39.0 Å². The molecule has 0 spiro atoms. The van der Waals surface area contributed by atoms with Crippen LogP contribution in [-0.4, -0.2) is 30.4 Å². The first-order valence-corrected chi connectivity index (χ1v) is 6.25. The molecular formula is C14H21NO2. The Hall–Kier alpha value is -1.06. The fourth-order valence-corrected chi connectivity index (χ4v) is 2.34. The molecular weight excluding hydrogens is 214 g/mol. The number of ether oxygens (including phenoxy) is 1. The van der Waals surface area contributed by atoms with Crippen molar-refractivity contribution in [3.05, 3.63) is 29.8 Å². The number of aliphatic hydroxyl groups excluding tert-OH is 1.